The van der Waals surface area contributed by atoms with Gasteiger partial charge in [0.1, 0.15) is 12.8 Å². The van der Waals surface area contributed by atoms with E-state index in [0.29, 0.717) is 0 Å². The van der Waals surface area contributed by atoms with Gasteiger partial charge in [0.2, 0.25) is 0 Å². The lowest BCUT2D eigenvalue weighted by Gasteiger charge is -2.09. The van der Waals surface area contributed by atoms with E-state index >= 15 is 0 Å². The maximum Gasteiger partial charge on any atom is 0.136 e. The van der Waals surface area contributed by atoms with Crippen molar-refractivity contribution in [2.45, 2.75) is 6.17 Å². The second kappa shape index (κ2) is 4.58. The Morgan fingerprint density at radius 3 is 1.44 bits per heavy atom. The van der Waals surface area contributed by atoms with Gasteiger partial charge < -0.3 is 0 Å². The lowest BCUT2D eigenvalue weighted by molar-refractivity contribution is 0.132. The van der Waals surface area contributed by atoms with Crippen LogP contribution in [0.3, 0.4) is 0 Å². The average Bonchev–Trinajstić information content (AvgIpc) is 1.90. The van der Waals surface area contributed by atoms with Gasteiger partial charge in [0.15, 0.2) is 0 Å². The molecular weight excluding hydrogens is 136 g/mol. The molecule has 9 heavy (non-hydrogen) atoms. The van der Waals surface area contributed by atoms with Crippen LogP contribution < -0.4 is 0 Å². The normalized spacial score (nSPS) is 14.3. The van der Waals surface area contributed by atoms with Crippen LogP contribution in [0.15, 0.2) is 0 Å². The van der Waals surface area contributed by atoms with E-state index in [-0.39, 0.29) is 0 Å². The molecule has 0 saturated heterocycles. The SMILES string of the molecule is FCC(F)C(CF)CF. The quantitative estimate of drug-likeness (QED) is 0.528. The van der Waals surface area contributed by atoms with Gasteiger partial charge in [-0.1, -0.05) is 0 Å². The maximum absolute atomic E-state index is 11.9. The summed E-state index contributed by atoms with van der Waals surface area (Å²) < 4.78 is 46.1. The highest BCUT2D eigenvalue weighted by Gasteiger charge is 2.20. The van der Waals surface area contributed by atoms with E-state index in [1.54, 1.807) is 0 Å². The summed E-state index contributed by atoms with van der Waals surface area (Å²) in [5, 5.41) is 0. The molecule has 0 amide bonds. The molecule has 0 spiro atoms. The molecule has 0 N–H and O–H groups in total. The first-order valence-corrected chi connectivity index (χ1v) is 2.58. The minimum atomic E-state index is -1.99. The van der Waals surface area contributed by atoms with E-state index < -0.39 is 32.1 Å². The smallest absolute Gasteiger partial charge is 0.136 e. The van der Waals surface area contributed by atoms with E-state index in [0.717, 1.165) is 0 Å². The molecule has 56 valence electrons. The predicted molar refractivity (Wildman–Crippen MR) is 26.3 cm³/mol. The van der Waals surface area contributed by atoms with Crippen LogP contribution in [0.25, 0.3) is 0 Å². The Morgan fingerprint density at radius 2 is 1.33 bits per heavy atom. The maximum atomic E-state index is 11.9. The number of halogens is 4. The third-order valence-corrected chi connectivity index (χ3v) is 1.06. The molecule has 0 rings (SSSR count). The Kier molecular flexibility index (Phi) is 4.44. The largest absolute Gasteiger partial charge is 0.251 e. The highest BCUT2D eigenvalue weighted by atomic mass is 19.2. The highest BCUT2D eigenvalue weighted by molar-refractivity contribution is 4.65. The second-order valence-corrected chi connectivity index (χ2v) is 1.74. The number of alkyl halides is 4. The minimum absolute atomic E-state index is 1.14. The zero-order valence-electron chi connectivity index (χ0n) is 4.79. The number of hydrogen-bond acceptors (Lipinski definition) is 0. The highest BCUT2D eigenvalue weighted by Crippen LogP contribution is 2.09. The Morgan fingerprint density at radius 1 is 0.889 bits per heavy atom. The fourth-order valence-corrected chi connectivity index (χ4v) is 0.361. The summed E-state index contributed by atoms with van der Waals surface area (Å²) in [5.74, 6) is -1.41. The molecule has 1 unspecified atom stereocenters. The topological polar surface area (TPSA) is 0 Å². The molecule has 0 aliphatic rings. The molecule has 0 aliphatic carbocycles. The first kappa shape index (κ1) is 8.72. The van der Waals surface area contributed by atoms with Crippen molar-refractivity contribution in [2.75, 3.05) is 20.0 Å². The van der Waals surface area contributed by atoms with Crippen LogP contribution in [0, 0.1) is 5.92 Å². The molecule has 0 fully saturated rings. The molecule has 0 aromatic rings. The van der Waals surface area contributed by atoms with Crippen molar-refractivity contribution in [3.05, 3.63) is 0 Å². The molecular formula is C5H8F4. The van der Waals surface area contributed by atoms with Crippen molar-refractivity contribution >= 4 is 0 Å². The summed E-state index contributed by atoms with van der Waals surface area (Å²) in [6.07, 6.45) is -1.99. The van der Waals surface area contributed by atoms with Crippen LogP contribution >= 0.6 is 0 Å². The fourth-order valence-electron chi connectivity index (χ4n) is 0.361. The molecule has 0 aromatic heterocycles. The third-order valence-electron chi connectivity index (χ3n) is 1.06. The van der Waals surface area contributed by atoms with Gasteiger partial charge in [0.05, 0.1) is 13.3 Å². The van der Waals surface area contributed by atoms with Crippen LogP contribution in [0.2, 0.25) is 0 Å². The van der Waals surface area contributed by atoms with E-state index in [2.05, 4.69) is 0 Å². The van der Waals surface area contributed by atoms with Gasteiger partial charge in [-0.25, -0.2) is 8.78 Å². The summed E-state index contributed by atoms with van der Waals surface area (Å²) in [6, 6.07) is 0. The van der Waals surface area contributed by atoms with Crippen molar-refractivity contribution in [1.82, 2.24) is 0 Å². The molecule has 0 radical (unpaired) electrons. The van der Waals surface area contributed by atoms with Crippen LogP contribution in [0.1, 0.15) is 0 Å². The summed E-state index contributed by atoms with van der Waals surface area (Å²) in [5.41, 5.74) is 0. The van der Waals surface area contributed by atoms with Gasteiger partial charge in [0, 0.05) is 5.92 Å². The molecule has 4 heteroatoms. The third kappa shape index (κ3) is 2.67. The number of rotatable bonds is 4. The van der Waals surface area contributed by atoms with Crippen LogP contribution in [-0.4, -0.2) is 26.2 Å². The van der Waals surface area contributed by atoms with Gasteiger partial charge in [-0.3, -0.25) is 8.78 Å². The van der Waals surface area contributed by atoms with Crippen LogP contribution in [0.4, 0.5) is 17.6 Å². The monoisotopic (exact) mass is 144 g/mol. The van der Waals surface area contributed by atoms with Gasteiger partial charge >= 0.3 is 0 Å². The van der Waals surface area contributed by atoms with Crippen molar-refractivity contribution in [1.29, 1.82) is 0 Å². The first-order valence-electron chi connectivity index (χ1n) is 2.58. The van der Waals surface area contributed by atoms with Crippen molar-refractivity contribution < 1.29 is 17.6 Å². The average molecular weight is 144 g/mol. The Hall–Kier alpha value is -0.280. The van der Waals surface area contributed by atoms with Gasteiger partial charge in [-0.05, 0) is 0 Å². The molecule has 0 aliphatic heterocycles. The van der Waals surface area contributed by atoms with Gasteiger partial charge in [-0.2, -0.15) is 0 Å². The Labute approximate surface area is 50.9 Å². The summed E-state index contributed by atoms with van der Waals surface area (Å²) >= 11 is 0. The molecule has 0 saturated carbocycles. The molecule has 0 aromatic carbocycles. The minimum Gasteiger partial charge on any atom is -0.251 e. The van der Waals surface area contributed by atoms with Crippen molar-refractivity contribution in [3.63, 3.8) is 0 Å². The summed E-state index contributed by atoms with van der Waals surface area (Å²) in [7, 11) is 0. The Balaban J connectivity index is 3.50. The van der Waals surface area contributed by atoms with Gasteiger partial charge in [-0.15, -0.1) is 0 Å². The molecule has 0 heterocycles. The molecule has 0 nitrogen and oxygen atoms in total. The van der Waals surface area contributed by atoms with Crippen molar-refractivity contribution in [2.24, 2.45) is 5.92 Å². The fraction of sp³-hybridized carbons (Fsp3) is 1.00. The van der Waals surface area contributed by atoms with Crippen LogP contribution in [-0.2, 0) is 0 Å². The first-order chi connectivity index (χ1) is 4.26. The molecule has 1 atom stereocenters. The molecule has 0 bridgehead atoms. The summed E-state index contributed by atoms with van der Waals surface area (Å²) in [4.78, 5) is 0. The van der Waals surface area contributed by atoms with E-state index in [1.807, 2.05) is 0 Å². The number of hydrogen-bond donors (Lipinski definition) is 0. The summed E-state index contributed by atoms with van der Waals surface area (Å²) in [6.45, 7) is -3.58. The zero-order valence-corrected chi connectivity index (χ0v) is 4.79. The Bertz CT molecular complexity index is 62.0. The van der Waals surface area contributed by atoms with Crippen molar-refractivity contribution in [3.8, 4) is 0 Å². The lowest BCUT2D eigenvalue weighted by Crippen LogP contribution is -2.21. The zero-order chi connectivity index (χ0) is 7.28. The van der Waals surface area contributed by atoms with Gasteiger partial charge in [0.25, 0.3) is 0 Å². The van der Waals surface area contributed by atoms with Crippen LogP contribution in [0.5, 0.6) is 0 Å². The second-order valence-electron chi connectivity index (χ2n) is 1.74. The predicted octanol–water partition coefficient (Wildman–Crippen LogP) is 1.85. The van der Waals surface area contributed by atoms with E-state index in [1.165, 1.54) is 0 Å². The van der Waals surface area contributed by atoms with E-state index in [9.17, 15) is 17.6 Å². The standard InChI is InChI=1S/C5H8F4/c6-1-4(2-7)5(9)3-8/h4-5H,1-3H2. The lowest BCUT2D eigenvalue weighted by atomic mass is 10.1. The van der Waals surface area contributed by atoms with E-state index in [4.69, 9.17) is 0 Å².